The van der Waals surface area contributed by atoms with Gasteiger partial charge in [-0.05, 0) is 28.7 Å². The fraction of sp³-hybridized carbons (Fsp3) is 0.278. The van der Waals surface area contributed by atoms with Gasteiger partial charge in [0.1, 0.15) is 5.60 Å². The summed E-state index contributed by atoms with van der Waals surface area (Å²) in [4.78, 5) is 0. The van der Waals surface area contributed by atoms with Crippen LogP contribution in [0.5, 0.6) is 0 Å². The maximum absolute atomic E-state index is 9.63. The maximum Gasteiger partial charge on any atom is 0.134 e. The number of fused-ring (bicyclic) bond motifs is 1. The highest BCUT2D eigenvalue weighted by Crippen LogP contribution is 2.58. The van der Waals surface area contributed by atoms with Crippen LogP contribution < -0.4 is 0 Å². The van der Waals surface area contributed by atoms with Crippen molar-refractivity contribution < 1.29 is 4.74 Å². The molecule has 0 spiro atoms. The number of hydrogen-bond donors (Lipinski definition) is 0. The first-order valence-electron chi connectivity index (χ1n) is 6.96. The Labute approximate surface area is 118 Å². The predicted molar refractivity (Wildman–Crippen MR) is 76.2 cm³/mol. The van der Waals surface area contributed by atoms with E-state index in [1.807, 2.05) is 12.1 Å². The first-order valence-corrected chi connectivity index (χ1v) is 6.96. The second kappa shape index (κ2) is 3.94. The second-order valence-electron chi connectivity index (χ2n) is 5.58. The van der Waals surface area contributed by atoms with Crippen molar-refractivity contribution in [1.29, 1.82) is 5.26 Å². The molecule has 0 fully saturated rings. The first-order chi connectivity index (χ1) is 9.82. The Morgan fingerprint density at radius 2 is 1.60 bits per heavy atom. The zero-order chi connectivity index (χ0) is 13.7. The van der Waals surface area contributed by atoms with E-state index in [0.29, 0.717) is 5.92 Å². The molecule has 20 heavy (non-hydrogen) atoms. The SMILES string of the molecule is COC12c3ccccc3C(C[C@H]1C#N)c1ccccc12. The molecular formula is C18H15NO. The molecule has 98 valence electrons. The van der Waals surface area contributed by atoms with Gasteiger partial charge in [-0.3, -0.25) is 0 Å². The van der Waals surface area contributed by atoms with Crippen LogP contribution in [-0.2, 0) is 10.3 Å². The fourth-order valence-electron chi connectivity index (χ4n) is 4.13. The van der Waals surface area contributed by atoms with Crippen LogP contribution in [0.2, 0.25) is 0 Å². The maximum atomic E-state index is 9.63. The van der Waals surface area contributed by atoms with E-state index in [1.54, 1.807) is 7.11 Å². The zero-order valence-corrected chi connectivity index (χ0v) is 11.3. The van der Waals surface area contributed by atoms with Crippen molar-refractivity contribution in [2.75, 3.05) is 7.11 Å². The molecule has 2 aromatic rings. The summed E-state index contributed by atoms with van der Waals surface area (Å²) >= 11 is 0. The lowest BCUT2D eigenvalue weighted by atomic mass is 9.57. The van der Waals surface area contributed by atoms with Crippen LogP contribution in [0, 0.1) is 17.2 Å². The number of nitriles is 1. The fourth-order valence-corrected chi connectivity index (χ4v) is 4.13. The lowest BCUT2D eigenvalue weighted by Crippen LogP contribution is -2.48. The molecule has 1 atom stereocenters. The van der Waals surface area contributed by atoms with Gasteiger partial charge in [0.05, 0.1) is 12.0 Å². The molecule has 0 aliphatic heterocycles. The molecule has 0 amide bonds. The monoisotopic (exact) mass is 261 g/mol. The van der Waals surface area contributed by atoms with Gasteiger partial charge in [-0.1, -0.05) is 48.5 Å². The molecule has 2 bridgehead atoms. The number of ether oxygens (including phenoxy) is 1. The van der Waals surface area contributed by atoms with E-state index in [9.17, 15) is 5.26 Å². The highest BCUT2D eigenvalue weighted by Gasteiger charge is 2.54. The molecule has 0 unspecified atom stereocenters. The van der Waals surface area contributed by atoms with Gasteiger partial charge in [-0.2, -0.15) is 5.26 Å². The Morgan fingerprint density at radius 1 is 1.05 bits per heavy atom. The molecule has 0 saturated heterocycles. The number of hydrogen-bond acceptors (Lipinski definition) is 2. The van der Waals surface area contributed by atoms with Gasteiger partial charge in [0.15, 0.2) is 0 Å². The molecular weight excluding hydrogens is 246 g/mol. The van der Waals surface area contributed by atoms with Crippen LogP contribution in [0.1, 0.15) is 34.6 Å². The van der Waals surface area contributed by atoms with Crippen LogP contribution in [0.4, 0.5) is 0 Å². The Hall–Kier alpha value is -2.11. The standard InChI is InChI=1S/C18H15NO/c1-20-18-12(11-19)10-15(13-6-2-4-8-16(13)18)14-7-3-5-9-17(14)18/h2-9,12,15H,10H2,1H3/t12-,15?,18?/m0/s1. The highest BCUT2D eigenvalue weighted by atomic mass is 16.5. The van der Waals surface area contributed by atoms with Crippen molar-refractivity contribution >= 4 is 0 Å². The van der Waals surface area contributed by atoms with Gasteiger partial charge in [-0.25, -0.2) is 0 Å². The highest BCUT2D eigenvalue weighted by molar-refractivity contribution is 5.59. The average molecular weight is 261 g/mol. The van der Waals surface area contributed by atoms with Crippen LogP contribution >= 0.6 is 0 Å². The summed E-state index contributed by atoms with van der Waals surface area (Å²) in [5.41, 5.74) is 4.38. The molecule has 0 aromatic heterocycles. The summed E-state index contributed by atoms with van der Waals surface area (Å²) in [6.45, 7) is 0. The third-order valence-electron chi connectivity index (χ3n) is 4.91. The van der Waals surface area contributed by atoms with Crippen molar-refractivity contribution in [3.8, 4) is 6.07 Å². The predicted octanol–water partition coefficient (Wildman–Crippen LogP) is 3.57. The minimum atomic E-state index is -0.601. The summed E-state index contributed by atoms with van der Waals surface area (Å²) in [5.74, 6) is 0.200. The third-order valence-corrected chi connectivity index (χ3v) is 4.91. The number of benzene rings is 2. The largest absolute Gasteiger partial charge is 0.367 e. The molecule has 0 N–H and O–H groups in total. The van der Waals surface area contributed by atoms with Crippen molar-refractivity contribution in [2.24, 2.45) is 5.92 Å². The van der Waals surface area contributed by atoms with E-state index in [-0.39, 0.29) is 5.92 Å². The lowest BCUT2D eigenvalue weighted by molar-refractivity contribution is -0.0309. The van der Waals surface area contributed by atoms with Crippen molar-refractivity contribution in [3.05, 3.63) is 70.8 Å². The van der Waals surface area contributed by atoms with Gasteiger partial charge in [-0.15, -0.1) is 0 Å². The Kier molecular flexibility index (Phi) is 2.31. The molecule has 0 saturated carbocycles. The van der Waals surface area contributed by atoms with Crippen LogP contribution in [0.15, 0.2) is 48.5 Å². The van der Waals surface area contributed by atoms with E-state index < -0.39 is 5.60 Å². The molecule has 3 aliphatic rings. The van der Waals surface area contributed by atoms with Gasteiger partial charge < -0.3 is 4.74 Å². The van der Waals surface area contributed by atoms with Gasteiger partial charge in [0.25, 0.3) is 0 Å². The van der Waals surface area contributed by atoms with Crippen molar-refractivity contribution in [3.63, 3.8) is 0 Å². The number of methoxy groups -OCH3 is 1. The minimum Gasteiger partial charge on any atom is -0.367 e. The smallest absolute Gasteiger partial charge is 0.134 e. The lowest BCUT2D eigenvalue weighted by Gasteiger charge is -2.50. The van der Waals surface area contributed by atoms with E-state index in [0.717, 1.165) is 6.42 Å². The van der Waals surface area contributed by atoms with E-state index in [4.69, 9.17) is 4.74 Å². The van der Waals surface area contributed by atoms with Crippen molar-refractivity contribution in [1.82, 2.24) is 0 Å². The average Bonchev–Trinajstić information content (AvgIpc) is 2.54. The molecule has 5 rings (SSSR count). The van der Waals surface area contributed by atoms with Crippen LogP contribution in [0.25, 0.3) is 0 Å². The molecule has 2 aromatic carbocycles. The number of rotatable bonds is 1. The van der Waals surface area contributed by atoms with Gasteiger partial charge in [0.2, 0.25) is 0 Å². The molecule has 2 nitrogen and oxygen atoms in total. The Morgan fingerprint density at radius 3 is 2.10 bits per heavy atom. The van der Waals surface area contributed by atoms with Gasteiger partial charge >= 0.3 is 0 Å². The zero-order valence-electron chi connectivity index (χ0n) is 11.3. The number of nitrogens with zero attached hydrogens (tertiary/aromatic N) is 1. The van der Waals surface area contributed by atoms with Crippen molar-refractivity contribution in [2.45, 2.75) is 17.9 Å². The molecule has 0 radical (unpaired) electrons. The summed E-state index contributed by atoms with van der Waals surface area (Å²) in [5, 5.41) is 9.63. The first kappa shape index (κ1) is 11.7. The topological polar surface area (TPSA) is 33.0 Å². The second-order valence-corrected chi connectivity index (χ2v) is 5.58. The van der Waals surface area contributed by atoms with Crippen LogP contribution in [0.3, 0.4) is 0 Å². The normalized spacial score (nSPS) is 29.4. The summed E-state index contributed by atoms with van der Waals surface area (Å²) in [7, 11) is 1.73. The Balaban J connectivity index is 2.12. The van der Waals surface area contributed by atoms with Gasteiger partial charge in [0, 0.05) is 13.0 Å². The quantitative estimate of drug-likeness (QED) is 0.786. The Bertz CT molecular complexity index is 681. The molecule has 2 heteroatoms. The van der Waals surface area contributed by atoms with Crippen LogP contribution in [-0.4, -0.2) is 7.11 Å². The summed E-state index contributed by atoms with van der Waals surface area (Å²) < 4.78 is 6.00. The van der Waals surface area contributed by atoms with E-state index >= 15 is 0 Å². The molecule has 0 heterocycles. The third kappa shape index (κ3) is 1.17. The van der Waals surface area contributed by atoms with E-state index in [2.05, 4.69) is 42.5 Å². The summed E-state index contributed by atoms with van der Waals surface area (Å²) in [6.07, 6.45) is 0.846. The summed E-state index contributed by atoms with van der Waals surface area (Å²) in [6, 6.07) is 19.3. The van der Waals surface area contributed by atoms with E-state index in [1.165, 1.54) is 22.3 Å². The minimum absolute atomic E-state index is 0.123. The molecule has 3 aliphatic carbocycles.